The zero-order valence-electron chi connectivity index (χ0n) is 15.9. The third-order valence-electron chi connectivity index (χ3n) is 5.26. The van der Waals surface area contributed by atoms with Crippen LogP contribution in [0.4, 0.5) is 0 Å². The number of sulfone groups is 1. The van der Waals surface area contributed by atoms with Gasteiger partial charge in [-0.1, -0.05) is 24.3 Å². The van der Waals surface area contributed by atoms with Gasteiger partial charge in [-0.25, -0.2) is 8.42 Å². The third kappa shape index (κ3) is 4.76. The number of aryl methyl sites for hydroxylation is 1. The summed E-state index contributed by atoms with van der Waals surface area (Å²) in [6, 6.07) is 8.30. The van der Waals surface area contributed by atoms with Gasteiger partial charge in [0.05, 0.1) is 18.9 Å². The van der Waals surface area contributed by atoms with E-state index in [0.29, 0.717) is 13.2 Å². The molecule has 1 unspecified atom stereocenters. The first-order chi connectivity index (χ1) is 12.3. The monoisotopic (exact) mass is 379 g/mol. The summed E-state index contributed by atoms with van der Waals surface area (Å²) in [5.74, 6) is 1.07. The van der Waals surface area contributed by atoms with Crippen LogP contribution >= 0.6 is 0 Å². The van der Waals surface area contributed by atoms with Gasteiger partial charge in [-0.3, -0.25) is 4.99 Å². The molecule has 2 fully saturated rings. The highest BCUT2D eigenvalue weighted by Gasteiger charge is 2.45. The van der Waals surface area contributed by atoms with Crippen molar-refractivity contribution in [3.05, 3.63) is 35.4 Å². The molecule has 1 N–H and O–H groups in total. The van der Waals surface area contributed by atoms with Gasteiger partial charge in [-0.15, -0.1) is 0 Å². The fraction of sp³-hybridized carbons (Fsp3) is 0.632. The smallest absolute Gasteiger partial charge is 0.193 e. The lowest BCUT2D eigenvalue weighted by Crippen LogP contribution is -2.49. The van der Waals surface area contributed by atoms with E-state index in [1.54, 1.807) is 7.05 Å². The molecule has 1 saturated heterocycles. The molecule has 7 heteroatoms. The predicted molar refractivity (Wildman–Crippen MR) is 104 cm³/mol. The van der Waals surface area contributed by atoms with Gasteiger partial charge in [0.1, 0.15) is 15.9 Å². The van der Waals surface area contributed by atoms with Crippen molar-refractivity contribution in [2.24, 2.45) is 10.4 Å². The molecule has 144 valence electrons. The second kappa shape index (κ2) is 7.56. The molecule has 0 amide bonds. The summed E-state index contributed by atoms with van der Waals surface area (Å²) >= 11 is 0. The van der Waals surface area contributed by atoms with Crippen molar-refractivity contribution < 1.29 is 13.2 Å². The first-order valence-corrected chi connectivity index (χ1v) is 11.2. The molecule has 3 rings (SSSR count). The Balaban J connectivity index is 1.62. The van der Waals surface area contributed by atoms with Gasteiger partial charge in [0.25, 0.3) is 0 Å². The summed E-state index contributed by atoms with van der Waals surface area (Å²) in [7, 11) is -1.19. The zero-order chi connectivity index (χ0) is 18.8. The van der Waals surface area contributed by atoms with Gasteiger partial charge < -0.3 is 15.0 Å². The van der Waals surface area contributed by atoms with Crippen LogP contribution in [0.1, 0.15) is 30.1 Å². The van der Waals surface area contributed by atoms with Gasteiger partial charge in [0.2, 0.25) is 0 Å². The normalized spacial score (nSPS) is 23.0. The predicted octanol–water partition coefficient (Wildman–Crippen LogP) is 1.77. The molecule has 0 bridgehead atoms. The highest BCUT2D eigenvalue weighted by Crippen LogP contribution is 2.46. The van der Waals surface area contributed by atoms with Crippen LogP contribution in [0.15, 0.2) is 29.3 Å². The largest absolute Gasteiger partial charge is 0.370 e. The van der Waals surface area contributed by atoms with E-state index in [2.05, 4.69) is 34.3 Å². The van der Waals surface area contributed by atoms with Crippen molar-refractivity contribution >= 4 is 15.8 Å². The first-order valence-electron chi connectivity index (χ1n) is 9.12. The second-order valence-corrected chi connectivity index (χ2v) is 9.77. The summed E-state index contributed by atoms with van der Waals surface area (Å²) in [6.45, 7) is 4.92. The average molecular weight is 380 g/mol. The summed E-state index contributed by atoms with van der Waals surface area (Å²) in [4.78, 5) is 6.62. The van der Waals surface area contributed by atoms with Gasteiger partial charge >= 0.3 is 0 Å². The van der Waals surface area contributed by atoms with E-state index in [0.717, 1.165) is 31.9 Å². The number of ether oxygens (including phenoxy) is 1. The van der Waals surface area contributed by atoms with E-state index in [1.165, 1.54) is 17.4 Å². The molecule has 1 saturated carbocycles. The average Bonchev–Trinajstić information content (AvgIpc) is 3.34. The standard InChI is InChI=1S/C19H29N3O3S/c1-15-6-4-5-7-16(15)17-12-22(10-11-25-17)18(20-2)21-13-19(8-9-19)14-26(3,23)24/h4-7,17H,8-14H2,1-3H3,(H,20,21). The summed E-state index contributed by atoms with van der Waals surface area (Å²) in [5, 5.41) is 3.41. The van der Waals surface area contributed by atoms with Crippen molar-refractivity contribution in [3.63, 3.8) is 0 Å². The molecule has 26 heavy (non-hydrogen) atoms. The second-order valence-electron chi connectivity index (χ2n) is 7.63. The Bertz CT molecular complexity index is 772. The molecular formula is C19H29N3O3S. The molecule has 1 aromatic rings. The Kier molecular flexibility index (Phi) is 5.58. The van der Waals surface area contributed by atoms with E-state index in [-0.39, 0.29) is 17.3 Å². The van der Waals surface area contributed by atoms with E-state index in [9.17, 15) is 8.42 Å². The van der Waals surface area contributed by atoms with Crippen LogP contribution < -0.4 is 5.32 Å². The van der Waals surface area contributed by atoms with Crippen LogP contribution in [0.2, 0.25) is 0 Å². The number of hydrogen-bond acceptors (Lipinski definition) is 4. The van der Waals surface area contributed by atoms with Gasteiger partial charge in [-0.05, 0) is 30.9 Å². The van der Waals surface area contributed by atoms with Crippen molar-refractivity contribution in [3.8, 4) is 0 Å². The van der Waals surface area contributed by atoms with Crippen LogP contribution in [-0.2, 0) is 14.6 Å². The lowest BCUT2D eigenvalue weighted by molar-refractivity contribution is -0.00837. The van der Waals surface area contributed by atoms with Crippen LogP contribution in [0.3, 0.4) is 0 Å². The molecule has 1 aromatic carbocycles. The molecule has 1 heterocycles. The lowest BCUT2D eigenvalue weighted by Gasteiger charge is -2.36. The molecule has 0 spiro atoms. The maximum absolute atomic E-state index is 11.6. The van der Waals surface area contributed by atoms with Gasteiger partial charge in [0, 0.05) is 31.8 Å². The topological polar surface area (TPSA) is 71.0 Å². The Morgan fingerprint density at radius 1 is 1.38 bits per heavy atom. The molecular weight excluding hydrogens is 350 g/mol. The lowest BCUT2D eigenvalue weighted by atomic mass is 10.0. The molecule has 1 atom stereocenters. The highest BCUT2D eigenvalue weighted by atomic mass is 32.2. The SMILES string of the molecule is CN=C(NCC1(CS(C)(=O)=O)CC1)N1CCOC(c2ccccc2C)C1. The molecule has 6 nitrogen and oxygen atoms in total. The summed E-state index contributed by atoms with van der Waals surface area (Å²) in [5.41, 5.74) is 2.32. The number of rotatable bonds is 5. The number of nitrogens with one attached hydrogen (secondary N) is 1. The molecule has 0 radical (unpaired) electrons. The minimum atomic E-state index is -2.96. The molecule has 2 aliphatic rings. The van der Waals surface area contributed by atoms with Gasteiger partial charge in [-0.2, -0.15) is 0 Å². The highest BCUT2D eigenvalue weighted by molar-refractivity contribution is 7.90. The Labute approximate surface area is 156 Å². The van der Waals surface area contributed by atoms with E-state index in [1.807, 2.05) is 12.1 Å². The number of hydrogen-bond donors (Lipinski definition) is 1. The van der Waals surface area contributed by atoms with Gasteiger partial charge in [0.15, 0.2) is 5.96 Å². The van der Waals surface area contributed by atoms with Crippen LogP contribution in [0.25, 0.3) is 0 Å². The zero-order valence-corrected chi connectivity index (χ0v) is 16.7. The maximum atomic E-state index is 11.6. The summed E-state index contributed by atoms with van der Waals surface area (Å²) < 4.78 is 29.3. The quantitative estimate of drug-likeness (QED) is 0.624. The number of benzene rings is 1. The Hall–Kier alpha value is -1.60. The van der Waals surface area contributed by atoms with E-state index < -0.39 is 9.84 Å². The fourth-order valence-corrected chi connectivity index (χ4v) is 5.18. The molecule has 1 aliphatic heterocycles. The third-order valence-corrected chi connectivity index (χ3v) is 6.40. The van der Waals surface area contributed by atoms with Crippen LogP contribution in [0.5, 0.6) is 0 Å². The van der Waals surface area contributed by atoms with E-state index >= 15 is 0 Å². The van der Waals surface area contributed by atoms with Crippen molar-refractivity contribution in [1.82, 2.24) is 10.2 Å². The molecule has 0 aromatic heterocycles. The van der Waals surface area contributed by atoms with Crippen LogP contribution in [-0.4, -0.2) is 64.6 Å². The Morgan fingerprint density at radius 2 is 2.12 bits per heavy atom. The Morgan fingerprint density at radius 3 is 2.73 bits per heavy atom. The van der Waals surface area contributed by atoms with Crippen molar-refractivity contribution in [2.75, 3.05) is 45.3 Å². The maximum Gasteiger partial charge on any atom is 0.193 e. The van der Waals surface area contributed by atoms with E-state index in [4.69, 9.17) is 4.74 Å². The van der Waals surface area contributed by atoms with Crippen molar-refractivity contribution in [2.45, 2.75) is 25.9 Å². The first kappa shape index (κ1) is 19.2. The van der Waals surface area contributed by atoms with Crippen LogP contribution in [0, 0.1) is 12.3 Å². The summed E-state index contributed by atoms with van der Waals surface area (Å²) in [6.07, 6.45) is 3.25. The number of nitrogens with zero attached hydrogens (tertiary/aromatic N) is 2. The minimum Gasteiger partial charge on any atom is -0.370 e. The minimum absolute atomic E-state index is 0.0226. The fourth-order valence-electron chi connectivity index (χ4n) is 3.68. The number of morpholine rings is 1. The number of aliphatic imine (C=N–C) groups is 1. The molecule has 1 aliphatic carbocycles. The van der Waals surface area contributed by atoms with Crippen molar-refractivity contribution in [1.29, 1.82) is 0 Å². The number of guanidine groups is 1.